The summed E-state index contributed by atoms with van der Waals surface area (Å²) in [6, 6.07) is 13.0. The van der Waals surface area contributed by atoms with Crippen molar-refractivity contribution in [1.82, 2.24) is 0 Å². The topological polar surface area (TPSA) is 29.5 Å². The Morgan fingerprint density at radius 3 is 2.33 bits per heavy atom. The van der Waals surface area contributed by atoms with Gasteiger partial charge in [-0.1, -0.05) is 18.2 Å². The Bertz CT molecular complexity index is 828. The van der Waals surface area contributed by atoms with Crippen molar-refractivity contribution >= 4 is 10.8 Å². The maximum atomic E-state index is 14.1. The number of rotatable bonds is 2. The molecule has 0 aliphatic heterocycles. The van der Waals surface area contributed by atoms with Crippen LogP contribution in [0.25, 0.3) is 21.9 Å². The van der Waals surface area contributed by atoms with E-state index in [-0.39, 0.29) is 17.1 Å². The van der Waals surface area contributed by atoms with Crippen LogP contribution in [0.2, 0.25) is 0 Å². The lowest BCUT2D eigenvalue weighted by Gasteiger charge is -2.09. The van der Waals surface area contributed by atoms with Crippen molar-refractivity contribution in [2.45, 2.75) is 0 Å². The zero-order chi connectivity index (χ0) is 15.0. The molecule has 1 N–H and O–H groups in total. The minimum absolute atomic E-state index is 0.123. The Morgan fingerprint density at radius 2 is 1.57 bits per heavy atom. The molecule has 0 radical (unpaired) electrons. The standard InChI is InChI=1S/C17H12F2O2/c1-21-15-7-6-14(16(18)17(15)19)12-3-2-11-9-13(20)5-4-10(11)8-12/h2-9,20H,1H3. The first-order valence-corrected chi connectivity index (χ1v) is 6.35. The molecule has 0 unspecified atom stereocenters. The van der Waals surface area contributed by atoms with Crippen LogP contribution in [0.15, 0.2) is 48.5 Å². The van der Waals surface area contributed by atoms with Crippen LogP contribution >= 0.6 is 0 Å². The number of benzene rings is 3. The first kappa shape index (κ1) is 13.4. The highest BCUT2D eigenvalue weighted by Gasteiger charge is 2.15. The monoisotopic (exact) mass is 286 g/mol. The lowest BCUT2D eigenvalue weighted by atomic mass is 10.0. The fraction of sp³-hybridized carbons (Fsp3) is 0.0588. The quantitative estimate of drug-likeness (QED) is 0.751. The number of hydrogen-bond donors (Lipinski definition) is 1. The highest BCUT2D eigenvalue weighted by Crippen LogP contribution is 2.32. The third-order valence-electron chi connectivity index (χ3n) is 3.40. The van der Waals surface area contributed by atoms with Crippen molar-refractivity contribution in [3.63, 3.8) is 0 Å². The highest BCUT2D eigenvalue weighted by molar-refractivity contribution is 5.88. The number of hydrogen-bond acceptors (Lipinski definition) is 2. The number of ether oxygens (including phenoxy) is 1. The van der Waals surface area contributed by atoms with Gasteiger partial charge in [-0.15, -0.1) is 0 Å². The number of phenols is 1. The van der Waals surface area contributed by atoms with E-state index in [0.29, 0.717) is 5.56 Å². The molecular weight excluding hydrogens is 274 g/mol. The molecule has 0 aliphatic rings. The second-order valence-corrected chi connectivity index (χ2v) is 4.69. The number of aromatic hydroxyl groups is 1. The summed E-state index contributed by atoms with van der Waals surface area (Å²) >= 11 is 0. The molecule has 0 fully saturated rings. The van der Waals surface area contributed by atoms with Gasteiger partial charge in [0.25, 0.3) is 0 Å². The van der Waals surface area contributed by atoms with Gasteiger partial charge in [-0.2, -0.15) is 4.39 Å². The van der Waals surface area contributed by atoms with E-state index in [1.54, 1.807) is 36.4 Å². The summed E-state index contributed by atoms with van der Waals surface area (Å²) in [5.74, 6) is -1.90. The molecule has 0 saturated carbocycles. The van der Waals surface area contributed by atoms with E-state index in [2.05, 4.69) is 0 Å². The van der Waals surface area contributed by atoms with Crippen LogP contribution in [0.3, 0.4) is 0 Å². The molecule has 2 nitrogen and oxygen atoms in total. The van der Waals surface area contributed by atoms with E-state index >= 15 is 0 Å². The number of halogens is 2. The van der Waals surface area contributed by atoms with Gasteiger partial charge in [-0.25, -0.2) is 4.39 Å². The van der Waals surface area contributed by atoms with E-state index in [1.807, 2.05) is 0 Å². The summed E-state index contributed by atoms with van der Waals surface area (Å²) in [6.45, 7) is 0. The third-order valence-corrected chi connectivity index (χ3v) is 3.40. The summed E-state index contributed by atoms with van der Waals surface area (Å²) in [7, 11) is 1.29. The molecule has 0 amide bonds. The first-order chi connectivity index (χ1) is 10.1. The van der Waals surface area contributed by atoms with Crippen LogP contribution in [0.1, 0.15) is 0 Å². The SMILES string of the molecule is COc1ccc(-c2ccc3cc(O)ccc3c2)c(F)c1F. The molecule has 106 valence electrons. The van der Waals surface area contributed by atoms with Crippen LogP contribution in [0.5, 0.6) is 11.5 Å². The molecule has 3 aromatic carbocycles. The van der Waals surface area contributed by atoms with E-state index in [9.17, 15) is 13.9 Å². The maximum absolute atomic E-state index is 14.1. The lowest BCUT2D eigenvalue weighted by Crippen LogP contribution is -1.94. The van der Waals surface area contributed by atoms with Crippen molar-refractivity contribution in [3.05, 3.63) is 60.2 Å². The summed E-state index contributed by atoms with van der Waals surface area (Å²) in [5, 5.41) is 11.1. The molecule has 3 aromatic rings. The minimum Gasteiger partial charge on any atom is -0.508 e. The molecule has 0 spiro atoms. The Balaban J connectivity index is 2.16. The van der Waals surface area contributed by atoms with Crippen LogP contribution in [-0.2, 0) is 0 Å². The predicted octanol–water partition coefficient (Wildman–Crippen LogP) is 4.50. The molecule has 3 rings (SSSR count). The summed E-state index contributed by atoms with van der Waals surface area (Å²) in [4.78, 5) is 0. The lowest BCUT2D eigenvalue weighted by molar-refractivity contribution is 0.372. The normalized spacial score (nSPS) is 10.8. The van der Waals surface area contributed by atoms with Gasteiger partial charge in [0.1, 0.15) is 5.75 Å². The van der Waals surface area contributed by atoms with Gasteiger partial charge in [-0.3, -0.25) is 0 Å². The van der Waals surface area contributed by atoms with Crippen LogP contribution in [-0.4, -0.2) is 12.2 Å². The molecule has 0 saturated heterocycles. The zero-order valence-corrected chi connectivity index (χ0v) is 11.2. The second kappa shape index (κ2) is 5.05. The smallest absolute Gasteiger partial charge is 0.201 e. The Hall–Kier alpha value is -2.62. The molecule has 0 aromatic heterocycles. The van der Waals surface area contributed by atoms with E-state index < -0.39 is 11.6 Å². The van der Waals surface area contributed by atoms with Crippen LogP contribution in [0.4, 0.5) is 8.78 Å². The van der Waals surface area contributed by atoms with Gasteiger partial charge in [0.15, 0.2) is 11.6 Å². The summed E-state index contributed by atoms with van der Waals surface area (Å²) in [5.41, 5.74) is 0.732. The van der Waals surface area contributed by atoms with E-state index in [1.165, 1.54) is 19.2 Å². The zero-order valence-electron chi connectivity index (χ0n) is 11.2. The number of phenolic OH excluding ortho intramolecular Hbond substituents is 1. The van der Waals surface area contributed by atoms with Gasteiger partial charge in [0.05, 0.1) is 7.11 Å². The minimum atomic E-state index is -0.999. The highest BCUT2D eigenvalue weighted by atomic mass is 19.2. The average Bonchev–Trinajstić information content (AvgIpc) is 2.49. The van der Waals surface area contributed by atoms with E-state index in [0.717, 1.165) is 10.8 Å². The molecular formula is C17H12F2O2. The van der Waals surface area contributed by atoms with E-state index in [4.69, 9.17) is 4.74 Å². The Kier molecular flexibility index (Phi) is 3.22. The number of methoxy groups -OCH3 is 1. The van der Waals surface area contributed by atoms with Crippen LogP contribution < -0.4 is 4.74 Å². The molecule has 21 heavy (non-hydrogen) atoms. The van der Waals surface area contributed by atoms with Gasteiger partial charge in [0.2, 0.25) is 5.82 Å². The van der Waals surface area contributed by atoms with Crippen molar-refractivity contribution in [3.8, 4) is 22.6 Å². The number of fused-ring (bicyclic) bond motifs is 1. The maximum Gasteiger partial charge on any atom is 0.201 e. The van der Waals surface area contributed by atoms with Gasteiger partial charge in [-0.05, 0) is 46.7 Å². The van der Waals surface area contributed by atoms with Crippen molar-refractivity contribution in [2.24, 2.45) is 0 Å². The third kappa shape index (κ3) is 2.29. The summed E-state index contributed by atoms with van der Waals surface area (Å²) < 4.78 is 32.6. The molecule has 4 heteroatoms. The van der Waals surface area contributed by atoms with Crippen molar-refractivity contribution < 1.29 is 18.6 Å². The molecule has 0 bridgehead atoms. The first-order valence-electron chi connectivity index (χ1n) is 6.35. The predicted molar refractivity (Wildman–Crippen MR) is 77.5 cm³/mol. The van der Waals surface area contributed by atoms with Crippen molar-refractivity contribution in [1.29, 1.82) is 0 Å². The second-order valence-electron chi connectivity index (χ2n) is 4.69. The van der Waals surface area contributed by atoms with Gasteiger partial charge in [0, 0.05) is 5.56 Å². The molecule has 0 atom stereocenters. The fourth-order valence-electron chi connectivity index (χ4n) is 2.31. The van der Waals surface area contributed by atoms with Gasteiger partial charge < -0.3 is 9.84 Å². The average molecular weight is 286 g/mol. The largest absolute Gasteiger partial charge is 0.508 e. The Morgan fingerprint density at radius 1 is 0.857 bits per heavy atom. The van der Waals surface area contributed by atoms with Crippen LogP contribution in [0, 0.1) is 11.6 Å². The fourth-order valence-corrected chi connectivity index (χ4v) is 2.31. The Labute approximate surface area is 120 Å². The molecule has 0 aliphatic carbocycles. The molecule has 0 heterocycles. The van der Waals surface area contributed by atoms with Gasteiger partial charge >= 0.3 is 0 Å². The summed E-state index contributed by atoms with van der Waals surface area (Å²) in [6.07, 6.45) is 0. The van der Waals surface area contributed by atoms with Crippen molar-refractivity contribution in [2.75, 3.05) is 7.11 Å².